The SMILES string of the molecule is CC1=C(C)C(C)([Si](C)(C)C/C=C/C[Si](C)(C)C2(C)C(C)=C(C)C(C)=C2C)C(C)=C1C. The van der Waals surface area contributed by atoms with Crippen LogP contribution in [0.4, 0.5) is 0 Å². The molecule has 2 aliphatic rings. The quantitative estimate of drug-likeness (QED) is 0.284. The highest BCUT2D eigenvalue weighted by atomic mass is 28.3. The smallest absolute Gasteiger partial charge is 0.0667 e. The molecule has 0 atom stereocenters. The molecule has 2 rings (SSSR count). The zero-order valence-corrected chi connectivity index (χ0v) is 24.6. The van der Waals surface area contributed by atoms with Gasteiger partial charge in [-0.25, -0.2) is 0 Å². The van der Waals surface area contributed by atoms with Crippen LogP contribution in [-0.2, 0) is 0 Å². The first-order valence-electron chi connectivity index (χ1n) is 11.9. The first-order chi connectivity index (χ1) is 13.5. The summed E-state index contributed by atoms with van der Waals surface area (Å²) < 4.78 is 0. The fourth-order valence-electron chi connectivity index (χ4n) is 6.38. The summed E-state index contributed by atoms with van der Waals surface area (Å²) in [5.74, 6) is 0. The molecular weight excluding hydrogens is 392 g/mol. The van der Waals surface area contributed by atoms with Gasteiger partial charge >= 0.3 is 0 Å². The Bertz CT molecular complexity index is 775. The molecule has 0 aromatic heterocycles. The van der Waals surface area contributed by atoms with E-state index in [1.165, 1.54) is 34.4 Å². The van der Waals surface area contributed by atoms with Gasteiger partial charge in [-0.2, -0.15) is 0 Å². The Kier molecular flexibility index (Phi) is 6.71. The topological polar surface area (TPSA) is 0 Å². The maximum Gasteiger partial charge on any atom is 0.0667 e. The lowest BCUT2D eigenvalue weighted by Crippen LogP contribution is -2.42. The molecule has 0 radical (unpaired) electrons. The number of allylic oxidation sites excluding steroid dienone is 10. The van der Waals surface area contributed by atoms with E-state index in [2.05, 4.69) is 108 Å². The molecule has 0 heterocycles. The highest BCUT2D eigenvalue weighted by Gasteiger charge is 2.49. The van der Waals surface area contributed by atoms with Crippen LogP contribution < -0.4 is 0 Å². The molecule has 0 amide bonds. The van der Waals surface area contributed by atoms with E-state index in [9.17, 15) is 0 Å². The lowest BCUT2D eigenvalue weighted by atomic mass is 9.98. The second kappa shape index (κ2) is 7.92. The molecule has 30 heavy (non-hydrogen) atoms. The van der Waals surface area contributed by atoms with Crippen LogP contribution in [0.15, 0.2) is 56.7 Å². The Labute approximate surface area is 190 Å². The zero-order chi connectivity index (χ0) is 23.4. The number of hydrogen-bond donors (Lipinski definition) is 0. The summed E-state index contributed by atoms with van der Waals surface area (Å²) in [6.07, 6.45) is 5.12. The summed E-state index contributed by atoms with van der Waals surface area (Å²) in [5.41, 5.74) is 12.7. The molecule has 0 N–H and O–H groups in total. The maximum atomic E-state index is 2.60. The third-order valence-corrected chi connectivity index (χ3v) is 19.9. The van der Waals surface area contributed by atoms with Crippen molar-refractivity contribution in [1.29, 1.82) is 0 Å². The molecule has 0 saturated carbocycles. The van der Waals surface area contributed by atoms with Crippen molar-refractivity contribution in [2.45, 2.75) is 118 Å². The highest BCUT2D eigenvalue weighted by molar-refractivity contribution is 6.83. The van der Waals surface area contributed by atoms with Gasteiger partial charge in [0.1, 0.15) is 0 Å². The lowest BCUT2D eigenvalue weighted by Gasteiger charge is -2.44. The van der Waals surface area contributed by atoms with Gasteiger partial charge in [-0.1, -0.05) is 74.5 Å². The second-order valence-electron chi connectivity index (χ2n) is 11.9. The molecule has 0 nitrogen and oxygen atoms in total. The number of rotatable bonds is 6. The van der Waals surface area contributed by atoms with Gasteiger partial charge in [0.2, 0.25) is 0 Å². The molecule has 0 spiro atoms. The van der Waals surface area contributed by atoms with Crippen molar-refractivity contribution in [3.8, 4) is 0 Å². The fourth-order valence-corrected chi connectivity index (χ4v) is 13.5. The molecule has 0 fully saturated rings. The Morgan fingerprint density at radius 1 is 0.500 bits per heavy atom. The van der Waals surface area contributed by atoms with Crippen LogP contribution >= 0.6 is 0 Å². The van der Waals surface area contributed by atoms with Crippen molar-refractivity contribution in [3.05, 3.63) is 56.7 Å². The lowest BCUT2D eigenvalue weighted by molar-refractivity contribution is 0.790. The predicted molar refractivity (Wildman–Crippen MR) is 144 cm³/mol. The van der Waals surface area contributed by atoms with Crippen LogP contribution in [0.5, 0.6) is 0 Å². The summed E-state index contributed by atoms with van der Waals surface area (Å²) in [5, 5.41) is 0.589. The van der Waals surface area contributed by atoms with Gasteiger partial charge in [0.15, 0.2) is 0 Å². The van der Waals surface area contributed by atoms with E-state index in [4.69, 9.17) is 0 Å². The molecule has 0 saturated heterocycles. The first-order valence-corrected chi connectivity index (χ1v) is 18.3. The number of hydrogen-bond acceptors (Lipinski definition) is 0. The summed E-state index contributed by atoms with van der Waals surface area (Å²) in [6.45, 7) is 34.3. The third kappa shape index (κ3) is 3.37. The molecule has 0 aliphatic heterocycles. The molecular formula is C28H48Si2. The first kappa shape index (κ1) is 25.4. The van der Waals surface area contributed by atoms with Gasteiger partial charge in [-0.05, 0) is 89.8 Å². The maximum absolute atomic E-state index is 2.60. The monoisotopic (exact) mass is 440 g/mol. The van der Waals surface area contributed by atoms with Crippen LogP contribution in [0.25, 0.3) is 0 Å². The normalized spacial score (nSPS) is 22.5. The average Bonchev–Trinajstić information content (AvgIpc) is 2.93. The van der Waals surface area contributed by atoms with Crippen molar-refractivity contribution in [3.63, 3.8) is 0 Å². The third-order valence-electron chi connectivity index (χ3n) is 10.5. The van der Waals surface area contributed by atoms with Crippen LogP contribution in [0.3, 0.4) is 0 Å². The Morgan fingerprint density at radius 2 is 0.700 bits per heavy atom. The minimum atomic E-state index is -1.51. The van der Waals surface area contributed by atoms with E-state index in [1.54, 1.807) is 22.3 Å². The van der Waals surface area contributed by atoms with Gasteiger partial charge in [-0.3, -0.25) is 0 Å². The minimum Gasteiger partial charge on any atom is -0.0914 e. The Balaban J connectivity index is 2.23. The molecule has 0 bridgehead atoms. The van der Waals surface area contributed by atoms with Crippen LogP contribution in [0.1, 0.15) is 69.2 Å². The standard InChI is InChI=1S/C28H48Si2/c1-19-20(2)24(6)27(9,23(19)5)29(11,12)17-15-16-18-30(13,14)28(10)25(7)21(3)22(4)26(28)8/h15-16H,17-18H2,1-14H3/b16-15+. The fraction of sp³-hybridized carbons (Fsp3) is 0.643. The van der Waals surface area contributed by atoms with Crippen molar-refractivity contribution in [2.24, 2.45) is 0 Å². The van der Waals surface area contributed by atoms with Crippen LogP contribution in [-0.4, -0.2) is 16.1 Å². The summed E-state index contributed by atoms with van der Waals surface area (Å²) in [6, 6.07) is 2.53. The van der Waals surface area contributed by atoms with E-state index in [-0.39, 0.29) is 0 Å². The van der Waals surface area contributed by atoms with Crippen LogP contribution in [0.2, 0.25) is 48.4 Å². The largest absolute Gasteiger partial charge is 0.0914 e. The van der Waals surface area contributed by atoms with Crippen molar-refractivity contribution in [2.75, 3.05) is 0 Å². The van der Waals surface area contributed by atoms with Gasteiger partial charge in [0.25, 0.3) is 0 Å². The predicted octanol–water partition coefficient (Wildman–Crippen LogP) is 9.85. The average molecular weight is 441 g/mol. The van der Waals surface area contributed by atoms with E-state index in [1.807, 2.05) is 0 Å². The van der Waals surface area contributed by atoms with E-state index >= 15 is 0 Å². The van der Waals surface area contributed by atoms with E-state index in [0.717, 1.165) is 0 Å². The van der Waals surface area contributed by atoms with E-state index < -0.39 is 16.1 Å². The molecule has 2 heteroatoms. The minimum absolute atomic E-state index is 0.294. The van der Waals surface area contributed by atoms with Gasteiger partial charge in [0, 0.05) is 10.1 Å². The van der Waals surface area contributed by atoms with E-state index in [0.29, 0.717) is 10.1 Å². The Morgan fingerprint density at radius 3 is 0.900 bits per heavy atom. The molecule has 168 valence electrons. The Hall–Kier alpha value is -0.866. The summed E-state index contributed by atoms with van der Waals surface area (Å²) in [4.78, 5) is 0. The van der Waals surface area contributed by atoms with Gasteiger partial charge < -0.3 is 0 Å². The zero-order valence-electron chi connectivity index (χ0n) is 22.6. The molecule has 0 unspecified atom stereocenters. The van der Waals surface area contributed by atoms with Gasteiger partial charge in [0.05, 0.1) is 16.1 Å². The molecule has 2 aliphatic carbocycles. The van der Waals surface area contributed by atoms with Crippen molar-refractivity contribution in [1.82, 2.24) is 0 Å². The second-order valence-corrected chi connectivity index (χ2v) is 22.2. The molecule has 0 aromatic rings. The molecule has 0 aromatic carbocycles. The van der Waals surface area contributed by atoms with Gasteiger partial charge in [-0.15, -0.1) is 0 Å². The van der Waals surface area contributed by atoms with Crippen molar-refractivity contribution >= 4 is 16.1 Å². The summed E-state index contributed by atoms with van der Waals surface area (Å²) in [7, 11) is -3.01. The highest BCUT2D eigenvalue weighted by Crippen LogP contribution is 2.60. The van der Waals surface area contributed by atoms with Crippen molar-refractivity contribution < 1.29 is 0 Å². The summed E-state index contributed by atoms with van der Waals surface area (Å²) >= 11 is 0. The van der Waals surface area contributed by atoms with Crippen LogP contribution in [0, 0.1) is 0 Å².